The van der Waals surface area contributed by atoms with Crippen molar-refractivity contribution in [2.45, 2.75) is 44.4 Å². The van der Waals surface area contributed by atoms with Gasteiger partial charge in [0.15, 0.2) is 0 Å². The van der Waals surface area contributed by atoms with Gasteiger partial charge >= 0.3 is 0 Å². The van der Waals surface area contributed by atoms with Gasteiger partial charge in [0.05, 0.1) is 11.4 Å². The monoisotopic (exact) mass is 386 g/mol. The van der Waals surface area contributed by atoms with E-state index in [1.807, 2.05) is 44.2 Å². The van der Waals surface area contributed by atoms with Gasteiger partial charge in [-0.15, -0.1) is 0 Å². The Labute approximate surface area is 161 Å². The number of benzene rings is 2. The number of carbonyl (C=O) groups excluding carboxylic acids is 1. The van der Waals surface area contributed by atoms with E-state index < -0.39 is 10.0 Å². The predicted octanol–water partition coefficient (Wildman–Crippen LogP) is 3.21. The molecule has 6 heteroatoms. The molecule has 0 spiro atoms. The van der Waals surface area contributed by atoms with Crippen LogP contribution in [0.5, 0.6) is 0 Å². The quantitative estimate of drug-likeness (QED) is 0.829. The Morgan fingerprint density at radius 1 is 1.07 bits per heavy atom. The molecule has 0 fully saturated rings. The van der Waals surface area contributed by atoms with E-state index in [1.54, 1.807) is 17.0 Å². The van der Waals surface area contributed by atoms with Gasteiger partial charge in [-0.2, -0.15) is 0 Å². The van der Waals surface area contributed by atoms with Gasteiger partial charge < -0.3 is 4.90 Å². The highest BCUT2D eigenvalue weighted by molar-refractivity contribution is 7.89. The summed E-state index contributed by atoms with van der Waals surface area (Å²) in [5.74, 6) is -0.273. The van der Waals surface area contributed by atoms with Gasteiger partial charge in [-0.25, -0.2) is 13.1 Å². The first-order chi connectivity index (χ1) is 12.9. The number of likely N-dealkylation sites (N-methyl/N-ethyl adjacent to an activating group) is 1. The second-order valence-corrected chi connectivity index (χ2v) is 8.71. The van der Waals surface area contributed by atoms with E-state index in [9.17, 15) is 13.2 Å². The molecule has 0 atom stereocenters. The third-order valence-corrected chi connectivity index (χ3v) is 6.37. The number of carbonyl (C=O) groups is 1. The van der Waals surface area contributed by atoms with Gasteiger partial charge in [0, 0.05) is 12.2 Å². The molecule has 2 aromatic rings. The van der Waals surface area contributed by atoms with Crippen molar-refractivity contribution >= 4 is 21.6 Å². The molecule has 1 aliphatic rings. The Morgan fingerprint density at radius 3 is 2.52 bits per heavy atom. The smallest absolute Gasteiger partial charge is 0.242 e. The second-order valence-electron chi connectivity index (χ2n) is 6.94. The lowest BCUT2D eigenvalue weighted by atomic mass is 9.92. The van der Waals surface area contributed by atoms with Crippen molar-refractivity contribution in [3.05, 3.63) is 59.2 Å². The molecule has 0 aromatic heterocycles. The molecule has 144 valence electrons. The van der Waals surface area contributed by atoms with Gasteiger partial charge in [-0.05, 0) is 80.5 Å². The summed E-state index contributed by atoms with van der Waals surface area (Å²) in [6, 6.07) is 12.9. The number of hydrogen-bond acceptors (Lipinski definition) is 3. The summed E-state index contributed by atoms with van der Waals surface area (Å²) in [6.45, 7) is 4.04. The summed E-state index contributed by atoms with van der Waals surface area (Å²) in [5.41, 5.74) is 4.15. The summed E-state index contributed by atoms with van der Waals surface area (Å²) in [4.78, 5) is 14.4. The first-order valence-corrected chi connectivity index (χ1v) is 10.9. The number of amides is 1. The standard InChI is InChI=1S/C21H26N2O3S/c1-3-23(19-10-6-7-16(2)13-19)21(24)15-22-27(25,26)20-12-11-17-8-4-5-9-18(17)14-20/h6-7,10-14,22H,3-5,8-9,15H2,1-2H3. The molecule has 3 rings (SSSR count). The number of anilines is 1. The molecule has 1 N–H and O–H groups in total. The number of nitrogens with zero attached hydrogens (tertiary/aromatic N) is 1. The molecule has 0 heterocycles. The van der Waals surface area contributed by atoms with Crippen molar-refractivity contribution in [2.75, 3.05) is 18.0 Å². The van der Waals surface area contributed by atoms with Crippen LogP contribution in [-0.2, 0) is 27.7 Å². The summed E-state index contributed by atoms with van der Waals surface area (Å²) < 4.78 is 27.7. The van der Waals surface area contributed by atoms with Crippen LogP contribution < -0.4 is 9.62 Å². The third kappa shape index (κ3) is 4.57. The Hall–Kier alpha value is -2.18. The Morgan fingerprint density at radius 2 is 1.81 bits per heavy atom. The normalized spacial score (nSPS) is 13.9. The van der Waals surface area contributed by atoms with Crippen LogP contribution in [0.2, 0.25) is 0 Å². The van der Waals surface area contributed by atoms with Crippen molar-refractivity contribution < 1.29 is 13.2 Å². The minimum Gasteiger partial charge on any atom is -0.312 e. The zero-order chi connectivity index (χ0) is 19.4. The molecule has 0 unspecified atom stereocenters. The van der Waals surface area contributed by atoms with Crippen LogP contribution >= 0.6 is 0 Å². The number of hydrogen-bond donors (Lipinski definition) is 1. The Bertz CT molecular complexity index is 938. The Kier molecular flexibility index (Phi) is 5.97. The minimum absolute atomic E-state index is 0.231. The molecule has 1 aliphatic carbocycles. The zero-order valence-corrected chi connectivity index (χ0v) is 16.7. The maximum Gasteiger partial charge on any atom is 0.242 e. The summed E-state index contributed by atoms with van der Waals surface area (Å²) in [7, 11) is -3.72. The van der Waals surface area contributed by atoms with Crippen molar-refractivity contribution in [1.29, 1.82) is 0 Å². The molecular formula is C21H26N2O3S. The second kappa shape index (κ2) is 8.23. The molecule has 0 radical (unpaired) electrons. The number of fused-ring (bicyclic) bond motifs is 1. The van der Waals surface area contributed by atoms with Crippen LogP contribution in [-0.4, -0.2) is 27.4 Å². The van der Waals surface area contributed by atoms with E-state index in [0.29, 0.717) is 6.54 Å². The van der Waals surface area contributed by atoms with Crippen molar-refractivity contribution in [2.24, 2.45) is 0 Å². The predicted molar refractivity (Wildman–Crippen MR) is 107 cm³/mol. The van der Waals surface area contributed by atoms with Crippen LogP contribution in [0.25, 0.3) is 0 Å². The van der Waals surface area contributed by atoms with Gasteiger partial charge in [0.25, 0.3) is 0 Å². The molecule has 0 aliphatic heterocycles. The van der Waals surface area contributed by atoms with E-state index >= 15 is 0 Å². The van der Waals surface area contributed by atoms with Crippen LogP contribution in [0.3, 0.4) is 0 Å². The molecular weight excluding hydrogens is 360 g/mol. The van der Waals surface area contributed by atoms with E-state index in [4.69, 9.17) is 0 Å². The number of rotatable bonds is 6. The lowest BCUT2D eigenvalue weighted by Gasteiger charge is -2.22. The van der Waals surface area contributed by atoms with Gasteiger partial charge in [0.1, 0.15) is 0 Å². The lowest BCUT2D eigenvalue weighted by Crippen LogP contribution is -2.40. The number of sulfonamides is 1. The largest absolute Gasteiger partial charge is 0.312 e. The number of nitrogens with one attached hydrogen (secondary N) is 1. The highest BCUT2D eigenvalue weighted by atomic mass is 32.2. The molecule has 2 aromatic carbocycles. The average molecular weight is 387 g/mol. The first-order valence-electron chi connectivity index (χ1n) is 9.39. The lowest BCUT2D eigenvalue weighted by molar-refractivity contribution is -0.117. The van der Waals surface area contributed by atoms with E-state index in [-0.39, 0.29) is 17.3 Å². The van der Waals surface area contributed by atoms with E-state index in [1.165, 1.54) is 5.56 Å². The van der Waals surface area contributed by atoms with Crippen LogP contribution in [0.1, 0.15) is 36.5 Å². The zero-order valence-electron chi connectivity index (χ0n) is 15.9. The van der Waals surface area contributed by atoms with Gasteiger partial charge in [-0.1, -0.05) is 18.2 Å². The Balaban J connectivity index is 1.71. The third-order valence-electron chi connectivity index (χ3n) is 4.97. The fourth-order valence-corrected chi connectivity index (χ4v) is 4.54. The molecule has 0 saturated heterocycles. The summed E-state index contributed by atoms with van der Waals surface area (Å²) >= 11 is 0. The maximum atomic E-state index is 12.6. The fourth-order valence-electron chi connectivity index (χ4n) is 3.51. The van der Waals surface area contributed by atoms with Crippen molar-refractivity contribution in [3.63, 3.8) is 0 Å². The summed E-state index contributed by atoms with van der Waals surface area (Å²) in [6.07, 6.45) is 4.15. The first kappa shape index (κ1) is 19.6. The minimum atomic E-state index is -3.72. The van der Waals surface area contributed by atoms with Gasteiger partial charge in [0.2, 0.25) is 15.9 Å². The van der Waals surface area contributed by atoms with Crippen LogP contribution in [0, 0.1) is 6.92 Å². The SMILES string of the molecule is CCN(C(=O)CNS(=O)(=O)c1ccc2c(c1)CCCC2)c1cccc(C)c1. The fraction of sp³-hybridized carbons (Fsp3) is 0.381. The molecule has 0 bridgehead atoms. The van der Waals surface area contributed by atoms with Gasteiger partial charge in [-0.3, -0.25) is 4.79 Å². The van der Waals surface area contributed by atoms with E-state index in [0.717, 1.165) is 42.5 Å². The highest BCUT2D eigenvalue weighted by Crippen LogP contribution is 2.24. The molecule has 1 amide bonds. The molecule has 0 saturated carbocycles. The highest BCUT2D eigenvalue weighted by Gasteiger charge is 2.21. The van der Waals surface area contributed by atoms with Crippen molar-refractivity contribution in [3.8, 4) is 0 Å². The summed E-state index contributed by atoms with van der Waals surface area (Å²) in [5, 5.41) is 0. The maximum absolute atomic E-state index is 12.6. The van der Waals surface area contributed by atoms with Crippen molar-refractivity contribution in [1.82, 2.24) is 4.72 Å². The molecule has 5 nitrogen and oxygen atoms in total. The van der Waals surface area contributed by atoms with E-state index in [2.05, 4.69) is 4.72 Å². The van der Waals surface area contributed by atoms with Crippen LogP contribution in [0.4, 0.5) is 5.69 Å². The topological polar surface area (TPSA) is 66.5 Å². The van der Waals surface area contributed by atoms with Crippen LogP contribution in [0.15, 0.2) is 47.4 Å². The molecule has 27 heavy (non-hydrogen) atoms. The number of aryl methyl sites for hydroxylation is 3. The average Bonchev–Trinajstić information content (AvgIpc) is 2.67.